The van der Waals surface area contributed by atoms with Gasteiger partial charge in [0.1, 0.15) is 15.9 Å². The molecule has 0 fully saturated rings. The number of nitrogen functional groups attached to an aromatic ring is 1. The summed E-state index contributed by atoms with van der Waals surface area (Å²) in [7, 11) is -4.06. The molecule has 2 rings (SSSR count). The molecular formula is C12H11ClFN3O2S. The fourth-order valence-corrected chi connectivity index (χ4v) is 2.94. The van der Waals surface area contributed by atoms with Crippen LogP contribution in [-0.4, -0.2) is 13.4 Å². The Labute approximate surface area is 120 Å². The standard InChI is InChI=1S/C12H11ClFN3O2S/c1-7-10(3-5-12(13)16-7)17-20(18,19)11-4-2-8(15)6-9(11)14/h2-6,17H,15H2,1H3. The minimum absolute atomic E-state index is 0.144. The zero-order valence-corrected chi connectivity index (χ0v) is 12.0. The van der Waals surface area contributed by atoms with Crippen LogP contribution in [0.1, 0.15) is 5.69 Å². The van der Waals surface area contributed by atoms with Crippen LogP contribution in [0.25, 0.3) is 0 Å². The summed E-state index contributed by atoms with van der Waals surface area (Å²) in [6, 6.07) is 6.25. The number of nitrogens with two attached hydrogens (primary N) is 1. The Morgan fingerprint density at radius 3 is 2.60 bits per heavy atom. The van der Waals surface area contributed by atoms with Crippen LogP contribution in [0.2, 0.25) is 5.15 Å². The van der Waals surface area contributed by atoms with E-state index in [4.69, 9.17) is 17.3 Å². The normalized spacial score (nSPS) is 11.3. The topological polar surface area (TPSA) is 85.1 Å². The summed E-state index contributed by atoms with van der Waals surface area (Å²) in [5, 5.41) is 0.240. The van der Waals surface area contributed by atoms with Crippen molar-refractivity contribution in [3.05, 3.63) is 47.0 Å². The fourth-order valence-electron chi connectivity index (χ4n) is 1.57. The number of nitrogens with zero attached hydrogens (tertiary/aromatic N) is 1. The minimum Gasteiger partial charge on any atom is -0.399 e. The van der Waals surface area contributed by atoms with Gasteiger partial charge in [0.15, 0.2) is 0 Å². The number of hydrogen-bond acceptors (Lipinski definition) is 4. The van der Waals surface area contributed by atoms with Crippen LogP contribution in [0.15, 0.2) is 35.2 Å². The van der Waals surface area contributed by atoms with Crippen molar-refractivity contribution < 1.29 is 12.8 Å². The molecule has 0 spiro atoms. The summed E-state index contributed by atoms with van der Waals surface area (Å²) in [5.41, 5.74) is 6.14. The van der Waals surface area contributed by atoms with Gasteiger partial charge in [0.05, 0.1) is 11.4 Å². The summed E-state index contributed by atoms with van der Waals surface area (Å²) in [6.45, 7) is 1.59. The van der Waals surface area contributed by atoms with Crippen LogP contribution in [-0.2, 0) is 10.0 Å². The highest BCUT2D eigenvalue weighted by atomic mass is 35.5. The predicted octanol–water partition coefficient (Wildman–Crippen LogP) is 2.57. The summed E-state index contributed by atoms with van der Waals surface area (Å²) < 4.78 is 40.2. The van der Waals surface area contributed by atoms with Gasteiger partial charge in [0.2, 0.25) is 0 Å². The van der Waals surface area contributed by atoms with E-state index in [0.29, 0.717) is 5.69 Å². The molecular weight excluding hydrogens is 305 g/mol. The highest BCUT2D eigenvalue weighted by molar-refractivity contribution is 7.92. The first-order valence-electron chi connectivity index (χ1n) is 5.50. The van der Waals surface area contributed by atoms with Crippen LogP contribution >= 0.6 is 11.6 Å². The number of aryl methyl sites for hydroxylation is 1. The van der Waals surface area contributed by atoms with E-state index in [2.05, 4.69) is 9.71 Å². The average Bonchev–Trinajstić information content (AvgIpc) is 2.32. The molecule has 3 N–H and O–H groups in total. The van der Waals surface area contributed by atoms with Gasteiger partial charge in [-0.05, 0) is 37.3 Å². The summed E-state index contributed by atoms with van der Waals surface area (Å²) in [5.74, 6) is -0.919. The summed E-state index contributed by atoms with van der Waals surface area (Å²) in [6.07, 6.45) is 0. The Hall–Kier alpha value is -1.86. The number of nitrogens with one attached hydrogen (secondary N) is 1. The molecule has 20 heavy (non-hydrogen) atoms. The monoisotopic (exact) mass is 315 g/mol. The molecule has 1 aromatic heterocycles. The van der Waals surface area contributed by atoms with Crippen molar-refractivity contribution in [3.63, 3.8) is 0 Å². The van der Waals surface area contributed by atoms with Gasteiger partial charge in [0.25, 0.3) is 10.0 Å². The van der Waals surface area contributed by atoms with E-state index in [1.807, 2.05) is 0 Å². The lowest BCUT2D eigenvalue weighted by Gasteiger charge is -2.11. The van der Waals surface area contributed by atoms with Crippen molar-refractivity contribution in [1.29, 1.82) is 0 Å². The Morgan fingerprint density at radius 1 is 1.30 bits per heavy atom. The lowest BCUT2D eigenvalue weighted by molar-refractivity contribution is 0.571. The third-order valence-electron chi connectivity index (χ3n) is 2.54. The molecule has 5 nitrogen and oxygen atoms in total. The number of hydrogen-bond donors (Lipinski definition) is 2. The second-order valence-corrected chi connectivity index (χ2v) is 6.10. The van der Waals surface area contributed by atoms with Crippen molar-refractivity contribution >= 4 is 33.0 Å². The summed E-state index contributed by atoms with van der Waals surface area (Å²) in [4.78, 5) is 3.43. The lowest BCUT2D eigenvalue weighted by Crippen LogP contribution is -2.15. The van der Waals surface area contributed by atoms with E-state index in [9.17, 15) is 12.8 Å². The van der Waals surface area contributed by atoms with Gasteiger partial charge in [0, 0.05) is 5.69 Å². The lowest BCUT2D eigenvalue weighted by atomic mass is 10.3. The van der Waals surface area contributed by atoms with Crippen LogP contribution in [0.5, 0.6) is 0 Å². The van der Waals surface area contributed by atoms with Crippen molar-refractivity contribution in [2.45, 2.75) is 11.8 Å². The van der Waals surface area contributed by atoms with Gasteiger partial charge in [-0.15, -0.1) is 0 Å². The van der Waals surface area contributed by atoms with Crippen LogP contribution in [0.3, 0.4) is 0 Å². The zero-order chi connectivity index (χ0) is 14.9. The zero-order valence-electron chi connectivity index (χ0n) is 10.4. The van der Waals surface area contributed by atoms with E-state index in [1.165, 1.54) is 18.2 Å². The molecule has 0 aliphatic rings. The first-order valence-corrected chi connectivity index (χ1v) is 7.37. The maximum absolute atomic E-state index is 13.7. The van der Waals surface area contributed by atoms with Crippen LogP contribution < -0.4 is 10.5 Å². The Balaban J connectivity index is 2.41. The van der Waals surface area contributed by atoms with Crippen molar-refractivity contribution in [2.24, 2.45) is 0 Å². The van der Waals surface area contributed by atoms with Gasteiger partial charge >= 0.3 is 0 Å². The SMILES string of the molecule is Cc1nc(Cl)ccc1NS(=O)(=O)c1ccc(N)cc1F. The van der Waals surface area contributed by atoms with Crippen molar-refractivity contribution in [2.75, 3.05) is 10.5 Å². The maximum atomic E-state index is 13.7. The quantitative estimate of drug-likeness (QED) is 0.673. The number of sulfonamides is 1. The van der Waals surface area contributed by atoms with E-state index in [0.717, 1.165) is 12.1 Å². The minimum atomic E-state index is -4.06. The van der Waals surface area contributed by atoms with Gasteiger partial charge in [-0.3, -0.25) is 4.72 Å². The molecule has 0 unspecified atom stereocenters. The van der Waals surface area contributed by atoms with E-state index < -0.39 is 20.7 Å². The van der Waals surface area contributed by atoms with E-state index in [1.54, 1.807) is 6.92 Å². The average molecular weight is 316 g/mol. The Morgan fingerprint density at radius 2 is 2.00 bits per heavy atom. The third kappa shape index (κ3) is 3.00. The second-order valence-electron chi connectivity index (χ2n) is 4.06. The first-order chi connectivity index (χ1) is 9.29. The van der Waals surface area contributed by atoms with Gasteiger partial charge < -0.3 is 5.73 Å². The number of rotatable bonds is 3. The van der Waals surface area contributed by atoms with Crippen LogP contribution in [0, 0.1) is 12.7 Å². The Bertz CT molecular complexity index is 765. The Kier molecular flexibility index (Phi) is 3.82. The molecule has 0 bridgehead atoms. The first kappa shape index (κ1) is 14.5. The molecule has 2 aromatic rings. The number of aromatic nitrogens is 1. The largest absolute Gasteiger partial charge is 0.399 e. The predicted molar refractivity (Wildman–Crippen MR) is 75.6 cm³/mol. The molecule has 106 valence electrons. The van der Waals surface area contributed by atoms with Gasteiger partial charge in [-0.1, -0.05) is 11.6 Å². The van der Waals surface area contributed by atoms with Gasteiger partial charge in [-0.25, -0.2) is 17.8 Å². The molecule has 0 saturated heterocycles. The smallest absolute Gasteiger partial charge is 0.264 e. The number of benzene rings is 1. The summed E-state index contributed by atoms with van der Waals surface area (Å²) >= 11 is 5.69. The van der Waals surface area contributed by atoms with Crippen LogP contribution in [0.4, 0.5) is 15.8 Å². The molecule has 0 aliphatic heterocycles. The number of halogens is 2. The van der Waals surface area contributed by atoms with E-state index >= 15 is 0 Å². The number of anilines is 2. The van der Waals surface area contributed by atoms with Gasteiger partial charge in [-0.2, -0.15) is 0 Å². The molecule has 8 heteroatoms. The molecule has 0 atom stereocenters. The molecule has 0 amide bonds. The molecule has 1 aromatic carbocycles. The highest BCUT2D eigenvalue weighted by Gasteiger charge is 2.20. The number of pyridine rings is 1. The van der Waals surface area contributed by atoms with E-state index in [-0.39, 0.29) is 16.5 Å². The third-order valence-corrected chi connectivity index (χ3v) is 4.15. The maximum Gasteiger partial charge on any atom is 0.264 e. The van der Waals surface area contributed by atoms with Crippen molar-refractivity contribution in [3.8, 4) is 0 Å². The molecule has 0 aliphatic carbocycles. The molecule has 1 heterocycles. The molecule has 0 radical (unpaired) electrons. The second kappa shape index (κ2) is 5.26. The molecule has 0 saturated carbocycles. The van der Waals surface area contributed by atoms with Crippen molar-refractivity contribution in [1.82, 2.24) is 4.98 Å². The fraction of sp³-hybridized carbons (Fsp3) is 0.0833. The highest BCUT2D eigenvalue weighted by Crippen LogP contribution is 2.22.